The first-order valence-electron chi connectivity index (χ1n) is 11.7. The highest BCUT2D eigenvalue weighted by Gasteiger charge is 2.50. The number of ether oxygens (including phenoxy) is 1. The summed E-state index contributed by atoms with van der Waals surface area (Å²) in [7, 11) is 1.24. The number of benzene rings is 2. The van der Waals surface area contributed by atoms with Gasteiger partial charge in [-0.2, -0.15) is 0 Å². The Morgan fingerprint density at radius 1 is 1.24 bits per heavy atom. The van der Waals surface area contributed by atoms with Crippen LogP contribution >= 0.6 is 0 Å². The molecule has 2 aromatic carbocycles. The van der Waals surface area contributed by atoms with E-state index in [0.717, 1.165) is 42.5 Å². The van der Waals surface area contributed by atoms with E-state index in [1.165, 1.54) is 23.9 Å². The number of anilines is 1. The van der Waals surface area contributed by atoms with Crippen molar-refractivity contribution in [3.05, 3.63) is 75.5 Å². The van der Waals surface area contributed by atoms with Gasteiger partial charge in [0.15, 0.2) is 5.57 Å². The minimum Gasteiger partial charge on any atom is -0.511 e. The van der Waals surface area contributed by atoms with E-state index in [2.05, 4.69) is 25.2 Å². The summed E-state index contributed by atoms with van der Waals surface area (Å²) in [4.78, 5) is 28.0. The molecule has 1 aliphatic carbocycles. The standard InChI is InChI=1S/C27H30N2O4/c1-15-12-19-18-10-7-11-28-23(18)16(2)13-20(19)24-21(15)25(30)22(27(32)33-3)26(31)29(24)14-17-8-5-4-6-9-17/h4-6,8-9,13,15,21,24,28,30H,7,10-12,14H2,1-3H3. The highest BCUT2D eigenvalue weighted by atomic mass is 16.5. The third-order valence-electron chi connectivity index (χ3n) is 7.45. The molecule has 33 heavy (non-hydrogen) atoms. The van der Waals surface area contributed by atoms with Crippen LogP contribution in [0.4, 0.5) is 5.69 Å². The maximum absolute atomic E-state index is 13.7. The number of nitrogens with one attached hydrogen (secondary N) is 1. The normalized spacial score (nSPS) is 23.9. The number of hydrogen-bond donors (Lipinski definition) is 2. The number of aliphatic hydroxyl groups excluding tert-OH is 1. The number of carbonyl (C=O) groups is 2. The molecule has 6 heteroatoms. The predicted molar refractivity (Wildman–Crippen MR) is 126 cm³/mol. The number of rotatable bonds is 3. The van der Waals surface area contributed by atoms with Crippen LogP contribution in [0.25, 0.3) is 0 Å². The summed E-state index contributed by atoms with van der Waals surface area (Å²) in [6.45, 7) is 5.53. The molecule has 3 unspecified atom stereocenters. The Bertz CT molecular complexity index is 1150. The Kier molecular flexibility index (Phi) is 5.39. The zero-order valence-electron chi connectivity index (χ0n) is 19.4. The number of aryl methyl sites for hydroxylation is 1. The quantitative estimate of drug-likeness (QED) is 0.545. The molecule has 0 spiro atoms. The number of fused-ring (bicyclic) bond motifs is 5. The number of nitrogens with zero attached hydrogens (tertiary/aromatic N) is 1. The Hall–Kier alpha value is -3.28. The molecule has 0 saturated carbocycles. The van der Waals surface area contributed by atoms with E-state index in [-0.39, 0.29) is 29.2 Å². The smallest absolute Gasteiger partial charge is 0.346 e. The molecule has 172 valence electrons. The molecular weight excluding hydrogens is 416 g/mol. The van der Waals surface area contributed by atoms with Gasteiger partial charge in [0, 0.05) is 24.7 Å². The zero-order chi connectivity index (χ0) is 23.3. The van der Waals surface area contributed by atoms with Crippen LogP contribution in [0.3, 0.4) is 0 Å². The van der Waals surface area contributed by atoms with Gasteiger partial charge in [-0.1, -0.05) is 43.3 Å². The van der Waals surface area contributed by atoms with Gasteiger partial charge in [0.05, 0.1) is 13.2 Å². The average molecular weight is 447 g/mol. The molecule has 2 aromatic rings. The number of hydrogen-bond acceptors (Lipinski definition) is 5. The van der Waals surface area contributed by atoms with Crippen molar-refractivity contribution in [3.63, 3.8) is 0 Å². The third-order valence-corrected chi connectivity index (χ3v) is 7.45. The van der Waals surface area contributed by atoms with E-state index in [9.17, 15) is 14.7 Å². The largest absolute Gasteiger partial charge is 0.511 e. The first-order chi connectivity index (χ1) is 15.9. The van der Waals surface area contributed by atoms with Crippen molar-refractivity contribution in [2.75, 3.05) is 19.0 Å². The van der Waals surface area contributed by atoms with Crippen molar-refractivity contribution in [3.8, 4) is 0 Å². The molecule has 0 bridgehead atoms. The third kappa shape index (κ3) is 3.39. The monoisotopic (exact) mass is 446 g/mol. The molecule has 2 heterocycles. The number of aliphatic hydroxyl groups is 1. The second-order valence-electron chi connectivity index (χ2n) is 9.47. The molecule has 0 aromatic heterocycles. The van der Waals surface area contributed by atoms with Crippen LogP contribution in [0, 0.1) is 18.8 Å². The van der Waals surface area contributed by atoms with Crippen LogP contribution in [-0.2, 0) is 33.7 Å². The van der Waals surface area contributed by atoms with Gasteiger partial charge in [-0.05, 0) is 59.9 Å². The number of amides is 1. The Labute approximate surface area is 194 Å². The van der Waals surface area contributed by atoms with E-state index in [1.807, 2.05) is 30.3 Å². The molecule has 0 saturated heterocycles. The molecule has 1 amide bonds. The summed E-state index contributed by atoms with van der Waals surface area (Å²) in [5.41, 5.74) is 6.85. The van der Waals surface area contributed by atoms with Gasteiger partial charge in [0.1, 0.15) is 5.76 Å². The maximum Gasteiger partial charge on any atom is 0.346 e. The number of carbonyl (C=O) groups excluding carboxylic acids is 2. The SMILES string of the molecule is COC(=O)C1=C(O)C2C(C)Cc3c(cc(C)c4c3CCCN4)C2N(Cc2ccccc2)C1=O. The van der Waals surface area contributed by atoms with E-state index in [1.54, 1.807) is 4.90 Å². The van der Waals surface area contributed by atoms with Gasteiger partial charge >= 0.3 is 5.97 Å². The van der Waals surface area contributed by atoms with Crippen LogP contribution < -0.4 is 5.32 Å². The first kappa shape index (κ1) is 21.6. The molecule has 6 nitrogen and oxygen atoms in total. The molecule has 3 atom stereocenters. The van der Waals surface area contributed by atoms with Gasteiger partial charge in [0.2, 0.25) is 0 Å². The number of esters is 1. The summed E-state index contributed by atoms with van der Waals surface area (Å²) in [5, 5.41) is 14.8. The highest BCUT2D eigenvalue weighted by molar-refractivity contribution is 6.17. The lowest BCUT2D eigenvalue weighted by molar-refractivity contribution is -0.144. The van der Waals surface area contributed by atoms with Gasteiger partial charge in [0.25, 0.3) is 5.91 Å². The fraction of sp³-hybridized carbons (Fsp3) is 0.407. The van der Waals surface area contributed by atoms with E-state index >= 15 is 0 Å². The first-order valence-corrected chi connectivity index (χ1v) is 11.7. The van der Waals surface area contributed by atoms with Gasteiger partial charge < -0.3 is 20.1 Å². The van der Waals surface area contributed by atoms with Gasteiger partial charge in [-0.3, -0.25) is 4.79 Å². The molecule has 0 fully saturated rings. The molecule has 5 rings (SSSR count). The lowest BCUT2D eigenvalue weighted by atomic mass is 9.67. The van der Waals surface area contributed by atoms with Crippen molar-refractivity contribution in [1.29, 1.82) is 0 Å². The van der Waals surface area contributed by atoms with Crippen molar-refractivity contribution < 1.29 is 19.4 Å². The zero-order valence-corrected chi connectivity index (χ0v) is 19.4. The van der Waals surface area contributed by atoms with Gasteiger partial charge in [-0.15, -0.1) is 0 Å². The summed E-state index contributed by atoms with van der Waals surface area (Å²) < 4.78 is 4.89. The molecular formula is C27H30N2O4. The van der Waals surface area contributed by atoms with E-state index in [4.69, 9.17) is 4.74 Å². The highest BCUT2D eigenvalue weighted by Crippen LogP contribution is 2.51. The van der Waals surface area contributed by atoms with Crippen molar-refractivity contribution in [2.24, 2.45) is 11.8 Å². The summed E-state index contributed by atoms with van der Waals surface area (Å²) in [6, 6.07) is 11.6. The van der Waals surface area contributed by atoms with Crippen molar-refractivity contribution >= 4 is 17.6 Å². The minimum atomic E-state index is -0.780. The van der Waals surface area contributed by atoms with Crippen molar-refractivity contribution in [1.82, 2.24) is 4.90 Å². The predicted octanol–water partition coefficient (Wildman–Crippen LogP) is 4.23. The summed E-state index contributed by atoms with van der Waals surface area (Å²) in [5.74, 6) is -1.69. The molecule has 2 aliphatic heterocycles. The maximum atomic E-state index is 13.7. The molecule has 3 aliphatic rings. The van der Waals surface area contributed by atoms with Crippen LogP contribution in [0.15, 0.2) is 47.7 Å². The Balaban J connectivity index is 1.71. The minimum absolute atomic E-state index is 0.0577. The van der Waals surface area contributed by atoms with Gasteiger partial charge in [-0.25, -0.2) is 4.79 Å². The van der Waals surface area contributed by atoms with E-state index in [0.29, 0.717) is 6.54 Å². The topological polar surface area (TPSA) is 78.9 Å². The summed E-state index contributed by atoms with van der Waals surface area (Å²) >= 11 is 0. The lowest BCUT2D eigenvalue weighted by Crippen LogP contribution is -2.50. The van der Waals surface area contributed by atoms with E-state index < -0.39 is 11.9 Å². The Morgan fingerprint density at radius 3 is 2.73 bits per heavy atom. The lowest BCUT2D eigenvalue weighted by Gasteiger charge is -2.48. The second kappa shape index (κ2) is 8.25. The van der Waals surface area contributed by atoms with Crippen LogP contribution in [0.5, 0.6) is 0 Å². The molecule has 0 radical (unpaired) electrons. The fourth-order valence-electron chi connectivity index (χ4n) is 5.99. The van der Waals surface area contributed by atoms with Crippen LogP contribution in [0.2, 0.25) is 0 Å². The summed E-state index contributed by atoms with van der Waals surface area (Å²) in [6.07, 6.45) is 2.89. The Morgan fingerprint density at radius 2 is 2.00 bits per heavy atom. The molecule has 2 N–H and O–H groups in total. The second-order valence-corrected chi connectivity index (χ2v) is 9.47. The van der Waals surface area contributed by atoms with Crippen LogP contribution in [0.1, 0.15) is 47.2 Å². The van der Waals surface area contributed by atoms with Crippen LogP contribution in [-0.4, -0.2) is 35.5 Å². The number of methoxy groups -OCH3 is 1. The average Bonchev–Trinajstić information content (AvgIpc) is 2.82. The van der Waals surface area contributed by atoms with Crippen molar-refractivity contribution in [2.45, 2.75) is 45.7 Å². The fourth-order valence-corrected chi connectivity index (χ4v) is 5.99.